The molecular formula is C16H24Cl2N4OS. The average Bonchev–Trinajstić information content (AvgIpc) is 3.00. The highest BCUT2D eigenvalue weighted by molar-refractivity contribution is 7.09. The van der Waals surface area contributed by atoms with Crippen LogP contribution in [0.3, 0.4) is 0 Å². The van der Waals surface area contributed by atoms with Crippen LogP contribution in [0.5, 0.6) is 0 Å². The second-order valence-corrected chi connectivity index (χ2v) is 6.35. The van der Waals surface area contributed by atoms with Crippen molar-refractivity contribution in [2.45, 2.75) is 32.7 Å². The third-order valence-corrected chi connectivity index (χ3v) is 4.51. The van der Waals surface area contributed by atoms with E-state index >= 15 is 0 Å². The van der Waals surface area contributed by atoms with Crippen molar-refractivity contribution in [1.82, 2.24) is 15.3 Å². The molecule has 2 rings (SSSR count). The summed E-state index contributed by atoms with van der Waals surface area (Å²) in [5.41, 5.74) is 7.78. The lowest BCUT2D eigenvalue weighted by Crippen LogP contribution is -2.39. The molecule has 2 atom stereocenters. The van der Waals surface area contributed by atoms with Crippen LogP contribution in [-0.2, 0) is 11.2 Å². The van der Waals surface area contributed by atoms with Crippen molar-refractivity contribution in [3.8, 4) is 11.3 Å². The molecule has 2 heterocycles. The Kier molecular flexibility index (Phi) is 10.8. The number of nitrogens with one attached hydrogen (secondary N) is 1. The van der Waals surface area contributed by atoms with Gasteiger partial charge in [0, 0.05) is 48.3 Å². The lowest BCUT2D eigenvalue weighted by molar-refractivity contribution is -0.124. The zero-order valence-corrected chi connectivity index (χ0v) is 16.2. The first-order valence-electron chi connectivity index (χ1n) is 7.46. The van der Waals surface area contributed by atoms with E-state index in [1.54, 1.807) is 23.7 Å². The maximum absolute atomic E-state index is 11.8. The quantitative estimate of drug-likeness (QED) is 0.711. The standard InChI is InChI=1S/C16H22N4OS.2ClH/c1-11(12(2)17)16(21)19-7-3-4-15-20-14(10-22-15)13-5-8-18-9-6-13;;/h5-6,8-12H,3-4,7,17H2,1-2H3,(H,19,21);2*1H. The Morgan fingerprint density at radius 1 is 1.29 bits per heavy atom. The van der Waals surface area contributed by atoms with Gasteiger partial charge in [0.1, 0.15) is 0 Å². The van der Waals surface area contributed by atoms with Crippen molar-refractivity contribution < 1.29 is 4.79 Å². The number of nitrogens with zero attached hydrogens (tertiary/aromatic N) is 2. The van der Waals surface area contributed by atoms with Crippen LogP contribution in [0.1, 0.15) is 25.3 Å². The maximum atomic E-state index is 11.8. The number of carbonyl (C=O) groups excluding carboxylic acids is 1. The summed E-state index contributed by atoms with van der Waals surface area (Å²) in [6.07, 6.45) is 5.27. The summed E-state index contributed by atoms with van der Waals surface area (Å²) >= 11 is 1.65. The Balaban J connectivity index is 0.00000264. The molecule has 0 radical (unpaired) electrons. The molecule has 24 heavy (non-hydrogen) atoms. The van der Waals surface area contributed by atoms with Crippen LogP contribution in [0.4, 0.5) is 0 Å². The van der Waals surface area contributed by atoms with E-state index in [2.05, 4.69) is 20.7 Å². The number of nitrogens with two attached hydrogens (primary N) is 1. The summed E-state index contributed by atoms with van der Waals surface area (Å²) in [4.78, 5) is 20.4. The molecule has 2 aromatic heterocycles. The normalized spacial score (nSPS) is 12.5. The number of rotatable bonds is 7. The monoisotopic (exact) mass is 390 g/mol. The fourth-order valence-corrected chi connectivity index (χ4v) is 2.78. The van der Waals surface area contributed by atoms with Crippen LogP contribution in [0.2, 0.25) is 0 Å². The van der Waals surface area contributed by atoms with Gasteiger partial charge in [-0.2, -0.15) is 0 Å². The van der Waals surface area contributed by atoms with E-state index in [0.29, 0.717) is 6.54 Å². The highest BCUT2D eigenvalue weighted by Gasteiger charge is 2.16. The molecule has 3 N–H and O–H groups in total. The van der Waals surface area contributed by atoms with Gasteiger partial charge in [0.25, 0.3) is 0 Å². The van der Waals surface area contributed by atoms with Gasteiger partial charge in [-0.05, 0) is 25.5 Å². The predicted octanol–water partition coefficient (Wildman–Crippen LogP) is 3.08. The number of hydrogen-bond donors (Lipinski definition) is 2. The van der Waals surface area contributed by atoms with E-state index in [1.165, 1.54) is 0 Å². The SMILES string of the molecule is CC(N)C(C)C(=O)NCCCc1nc(-c2ccncc2)cs1.Cl.Cl. The molecule has 0 aliphatic heterocycles. The van der Waals surface area contributed by atoms with Crippen LogP contribution in [0, 0.1) is 5.92 Å². The predicted molar refractivity (Wildman–Crippen MR) is 104 cm³/mol. The number of aromatic nitrogens is 2. The second kappa shape index (κ2) is 11.4. The Morgan fingerprint density at radius 2 is 1.96 bits per heavy atom. The fraction of sp³-hybridized carbons (Fsp3) is 0.438. The minimum atomic E-state index is -0.154. The Labute approximate surface area is 159 Å². The molecule has 0 aliphatic carbocycles. The summed E-state index contributed by atoms with van der Waals surface area (Å²) in [6, 6.07) is 3.78. The van der Waals surface area contributed by atoms with Crippen molar-refractivity contribution in [1.29, 1.82) is 0 Å². The zero-order chi connectivity index (χ0) is 15.9. The molecule has 0 spiro atoms. The summed E-state index contributed by atoms with van der Waals surface area (Å²) < 4.78 is 0. The number of amides is 1. The van der Waals surface area contributed by atoms with Gasteiger partial charge in [-0.3, -0.25) is 9.78 Å². The van der Waals surface area contributed by atoms with Gasteiger partial charge >= 0.3 is 0 Å². The third kappa shape index (κ3) is 6.73. The van der Waals surface area contributed by atoms with Crippen molar-refractivity contribution in [2.75, 3.05) is 6.54 Å². The molecule has 8 heteroatoms. The summed E-state index contributed by atoms with van der Waals surface area (Å²) in [5.74, 6) is -0.134. The first-order chi connectivity index (χ1) is 10.6. The fourth-order valence-electron chi connectivity index (χ4n) is 1.93. The molecule has 1 amide bonds. The maximum Gasteiger partial charge on any atom is 0.224 e. The van der Waals surface area contributed by atoms with Gasteiger partial charge in [-0.25, -0.2) is 4.98 Å². The lowest BCUT2D eigenvalue weighted by Gasteiger charge is -2.14. The van der Waals surface area contributed by atoms with Gasteiger partial charge < -0.3 is 11.1 Å². The molecule has 0 saturated carbocycles. The lowest BCUT2D eigenvalue weighted by atomic mass is 10.0. The summed E-state index contributed by atoms with van der Waals surface area (Å²) in [5, 5.41) is 6.06. The van der Waals surface area contributed by atoms with Crippen molar-refractivity contribution in [3.63, 3.8) is 0 Å². The van der Waals surface area contributed by atoms with Gasteiger partial charge in [0.2, 0.25) is 5.91 Å². The van der Waals surface area contributed by atoms with E-state index < -0.39 is 0 Å². The minimum absolute atomic E-state index is 0. The number of hydrogen-bond acceptors (Lipinski definition) is 5. The van der Waals surface area contributed by atoms with Gasteiger partial charge in [0.15, 0.2) is 0 Å². The van der Waals surface area contributed by atoms with Crippen LogP contribution in [-0.4, -0.2) is 28.5 Å². The summed E-state index contributed by atoms with van der Waals surface area (Å²) in [7, 11) is 0. The van der Waals surface area contributed by atoms with Crippen molar-refractivity contribution >= 4 is 42.1 Å². The van der Waals surface area contributed by atoms with Crippen LogP contribution >= 0.6 is 36.2 Å². The zero-order valence-electron chi connectivity index (χ0n) is 13.8. The second-order valence-electron chi connectivity index (χ2n) is 5.40. The molecular weight excluding hydrogens is 367 g/mol. The summed E-state index contributed by atoms with van der Waals surface area (Å²) in [6.45, 7) is 4.35. The Morgan fingerprint density at radius 3 is 2.58 bits per heavy atom. The largest absolute Gasteiger partial charge is 0.356 e. The first-order valence-corrected chi connectivity index (χ1v) is 8.34. The van der Waals surface area contributed by atoms with Gasteiger partial charge in [0.05, 0.1) is 10.7 Å². The van der Waals surface area contributed by atoms with Gasteiger partial charge in [-0.15, -0.1) is 36.2 Å². The Hall–Kier alpha value is -1.21. The number of aryl methyl sites for hydroxylation is 1. The van der Waals surface area contributed by atoms with Crippen LogP contribution in [0.25, 0.3) is 11.3 Å². The molecule has 0 aliphatic rings. The number of thiazole rings is 1. The van der Waals surface area contributed by atoms with E-state index in [4.69, 9.17) is 5.73 Å². The van der Waals surface area contributed by atoms with E-state index in [9.17, 15) is 4.79 Å². The van der Waals surface area contributed by atoms with Crippen molar-refractivity contribution in [3.05, 3.63) is 34.9 Å². The number of carbonyl (C=O) groups is 1. The molecule has 2 unspecified atom stereocenters. The molecule has 0 aromatic carbocycles. The first kappa shape index (κ1) is 22.8. The molecule has 134 valence electrons. The molecule has 0 saturated heterocycles. The molecule has 2 aromatic rings. The molecule has 0 bridgehead atoms. The Bertz CT molecular complexity index is 607. The number of pyridine rings is 1. The van der Waals surface area contributed by atoms with E-state index in [0.717, 1.165) is 29.1 Å². The van der Waals surface area contributed by atoms with Gasteiger partial charge in [-0.1, -0.05) is 6.92 Å². The molecule has 0 fully saturated rings. The highest BCUT2D eigenvalue weighted by Crippen LogP contribution is 2.21. The third-order valence-electron chi connectivity index (χ3n) is 3.60. The smallest absolute Gasteiger partial charge is 0.224 e. The van der Waals surface area contributed by atoms with Crippen LogP contribution in [0.15, 0.2) is 29.9 Å². The topological polar surface area (TPSA) is 80.9 Å². The highest BCUT2D eigenvalue weighted by atomic mass is 35.5. The minimum Gasteiger partial charge on any atom is -0.356 e. The van der Waals surface area contributed by atoms with Crippen LogP contribution < -0.4 is 11.1 Å². The number of halogens is 2. The van der Waals surface area contributed by atoms with E-state index in [1.807, 2.05) is 26.0 Å². The molecule has 5 nitrogen and oxygen atoms in total. The van der Waals surface area contributed by atoms with E-state index in [-0.39, 0.29) is 42.7 Å². The average molecular weight is 391 g/mol. The van der Waals surface area contributed by atoms with Crippen molar-refractivity contribution in [2.24, 2.45) is 11.7 Å².